The van der Waals surface area contributed by atoms with Crippen LogP contribution < -0.4 is 80.9 Å². The molecule has 1 aromatic carbocycles. The fourth-order valence-electron chi connectivity index (χ4n) is 2.05. The van der Waals surface area contributed by atoms with Gasteiger partial charge in [0.15, 0.2) is 5.41 Å². The van der Waals surface area contributed by atoms with E-state index >= 15 is 0 Å². The molecule has 0 radical (unpaired) electrons. The molecule has 20 heavy (non-hydrogen) atoms. The molecule has 0 aliphatic heterocycles. The van der Waals surface area contributed by atoms with Crippen LogP contribution in [-0.2, 0) is 16.0 Å². The van der Waals surface area contributed by atoms with E-state index in [4.69, 9.17) is 0 Å². The van der Waals surface area contributed by atoms with E-state index in [1.165, 1.54) is 0 Å². The average Bonchev–Trinajstić information content (AvgIpc) is 2.24. The monoisotopic (exact) mass is 314 g/mol. The zero-order valence-electron chi connectivity index (χ0n) is 14.8. The van der Waals surface area contributed by atoms with Gasteiger partial charge in [0.25, 0.3) is 0 Å². The van der Waals surface area contributed by atoms with E-state index in [0.29, 0.717) is 5.56 Å². The molecule has 0 unspecified atom stereocenters. The van der Waals surface area contributed by atoms with E-state index in [1.54, 1.807) is 45.0 Å². The predicted molar refractivity (Wildman–Crippen MR) is 69.5 cm³/mol. The zero-order chi connectivity index (χ0) is 14.0. The molecule has 2 N–H and O–H groups in total. The van der Waals surface area contributed by atoms with Crippen LogP contribution >= 0.6 is 0 Å². The van der Waals surface area contributed by atoms with Crippen molar-refractivity contribution in [1.82, 2.24) is 0 Å². The molecule has 0 atom stereocenters. The van der Waals surface area contributed by atoms with Crippen molar-refractivity contribution in [3.63, 3.8) is 0 Å². The molecule has 0 saturated carbocycles. The Morgan fingerprint density at radius 2 is 1.45 bits per heavy atom. The Hall–Kier alpha value is 0.796. The van der Waals surface area contributed by atoms with E-state index in [1.807, 2.05) is 6.07 Å². The second-order valence-electron chi connectivity index (χ2n) is 5.43. The molecule has 1 aromatic rings. The summed E-state index contributed by atoms with van der Waals surface area (Å²) >= 11 is 0. The van der Waals surface area contributed by atoms with Gasteiger partial charge in [0, 0.05) is 0 Å². The Labute approximate surface area is 187 Å². The molecule has 0 aromatic heterocycles. The maximum Gasteiger partial charge on any atom is 1.00 e. The molecule has 4 nitrogen and oxygen atoms in total. The molecular formula is C14H20KNaO4. The molecule has 1 rings (SSSR count). The van der Waals surface area contributed by atoms with Crippen molar-refractivity contribution in [2.75, 3.05) is 0 Å². The zero-order valence-corrected chi connectivity index (χ0v) is 17.9. The summed E-state index contributed by atoms with van der Waals surface area (Å²) < 4.78 is 0. The largest absolute Gasteiger partial charge is 1.00 e. The molecule has 0 fully saturated rings. The van der Waals surface area contributed by atoms with Gasteiger partial charge in [-0.05, 0) is 17.4 Å². The first-order chi connectivity index (χ1) is 8.22. The summed E-state index contributed by atoms with van der Waals surface area (Å²) in [5, 5.41) is 18.8. The standard InChI is InChI=1S/C14H18O4.K.Na.2H/c1-13(2,3)14(11(15)16,12(17)18)9-10-7-5-4-6-8-10;;;;/h4-8H,9H2,1-3H3,(H,15,16)(H,17,18);;;;/q;2*+1;2*-1. The summed E-state index contributed by atoms with van der Waals surface area (Å²) in [6.45, 7) is 4.91. The van der Waals surface area contributed by atoms with Crippen LogP contribution in [0.25, 0.3) is 0 Å². The number of hydrogen-bond acceptors (Lipinski definition) is 2. The van der Waals surface area contributed by atoms with Gasteiger partial charge >= 0.3 is 92.9 Å². The van der Waals surface area contributed by atoms with Crippen LogP contribution in [0.2, 0.25) is 0 Å². The summed E-state index contributed by atoms with van der Waals surface area (Å²) in [7, 11) is 0. The Morgan fingerprint density at radius 3 is 1.75 bits per heavy atom. The SMILES string of the molecule is CC(C)(C)C(Cc1ccccc1)(C(=O)O)C(=O)O.[H-].[H-].[K+].[Na+]. The number of carboxylic acids is 2. The van der Waals surface area contributed by atoms with Crippen LogP contribution in [-0.4, -0.2) is 22.2 Å². The molecule has 0 amide bonds. The second-order valence-corrected chi connectivity index (χ2v) is 5.43. The van der Waals surface area contributed by atoms with E-state index in [0.717, 1.165) is 0 Å². The molecule has 102 valence electrons. The first-order valence-corrected chi connectivity index (χ1v) is 5.72. The van der Waals surface area contributed by atoms with Gasteiger partial charge in [-0.3, -0.25) is 9.59 Å². The fourth-order valence-corrected chi connectivity index (χ4v) is 2.05. The van der Waals surface area contributed by atoms with Gasteiger partial charge in [-0.2, -0.15) is 0 Å². The van der Waals surface area contributed by atoms with E-state index in [2.05, 4.69) is 0 Å². The Morgan fingerprint density at radius 1 is 1.05 bits per heavy atom. The number of aliphatic carboxylic acids is 2. The van der Waals surface area contributed by atoms with Crippen molar-refractivity contribution in [3.8, 4) is 0 Å². The van der Waals surface area contributed by atoms with E-state index in [9.17, 15) is 19.8 Å². The number of carboxylic acid groups (broad SMARTS) is 2. The van der Waals surface area contributed by atoms with Crippen molar-refractivity contribution in [3.05, 3.63) is 35.9 Å². The molecule has 0 bridgehead atoms. The smallest absolute Gasteiger partial charge is 1.00 e. The molecule has 6 heteroatoms. The van der Waals surface area contributed by atoms with Gasteiger partial charge in [-0.1, -0.05) is 51.1 Å². The minimum Gasteiger partial charge on any atom is -1.00 e. The average molecular weight is 314 g/mol. The van der Waals surface area contributed by atoms with Crippen LogP contribution in [0.1, 0.15) is 29.2 Å². The summed E-state index contributed by atoms with van der Waals surface area (Å²) in [5.41, 5.74) is -2.01. The van der Waals surface area contributed by atoms with Gasteiger partial charge in [-0.25, -0.2) is 0 Å². The van der Waals surface area contributed by atoms with E-state index < -0.39 is 22.8 Å². The van der Waals surface area contributed by atoms with Crippen molar-refractivity contribution in [1.29, 1.82) is 0 Å². The number of benzene rings is 1. The minimum absolute atomic E-state index is 0. The molecule has 0 heterocycles. The van der Waals surface area contributed by atoms with Gasteiger partial charge in [0.1, 0.15) is 0 Å². The molecule has 0 spiro atoms. The van der Waals surface area contributed by atoms with Gasteiger partial charge in [0.05, 0.1) is 0 Å². The Kier molecular flexibility index (Phi) is 10.4. The van der Waals surface area contributed by atoms with Gasteiger partial charge < -0.3 is 13.1 Å². The third-order valence-electron chi connectivity index (χ3n) is 3.32. The Balaban J connectivity index is -0.000000405. The molecule has 0 saturated heterocycles. The molecule has 0 aliphatic rings. The summed E-state index contributed by atoms with van der Waals surface area (Å²) in [6.07, 6.45) is -0.0258. The predicted octanol–water partition coefficient (Wildman–Crippen LogP) is -3.34. The van der Waals surface area contributed by atoms with Gasteiger partial charge in [-0.15, -0.1) is 0 Å². The normalized spacial score (nSPS) is 10.9. The van der Waals surface area contributed by atoms with Crippen LogP contribution in [0.5, 0.6) is 0 Å². The van der Waals surface area contributed by atoms with Crippen molar-refractivity contribution in [2.45, 2.75) is 27.2 Å². The maximum atomic E-state index is 11.5. The van der Waals surface area contributed by atoms with Crippen LogP contribution in [0.15, 0.2) is 30.3 Å². The van der Waals surface area contributed by atoms with Crippen molar-refractivity contribution in [2.24, 2.45) is 10.8 Å². The first kappa shape index (κ1) is 23.1. The molecule has 0 aliphatic carbocycles. The number of hydrogen-bond donors (Lipinski definition) is 2. The number of rotatable bonds is 4. The van der Waals surface area contributed by atoms with Crippen LogP contribution in [0.4, 0.5) is 0 Å². The summed E-state index contributed by atoms with van der Waals surface area (Å²) in [6, 6.07) is 8.83. The minimum atomic E-state index is -1.83. The second kappa shape index (κ2) is 9.05. The summed E-state index contributed by atoms with van der Waals surface area (Å²) in [5.74, 6) is -2.60. The maximum absolute atomic E-state index is 11.5. The third-order valence-corrected chi connectivity index (χ3v) is 3.32. The van der Waals surface area contributed by atoms with E-state index in [-0.39, 0.29) is 90.2 Å². The topological polar surface area (TPSA) is 74.6 Å². The molecular weight excluding hydrogens is 294 g/mol. The van der Waals surface area contributed by atoms with Crippen molar-refractivity contribution >= 4 is 11.9 Å². The van der Waals surface area contributed by atoms with Crippen molar-refractivity contribution < 1.29 is 104 Å². The Bertz CT molecular complexity index is 450. The van der Waals surface area contributed by atoms with Crippen LogP contribution in [0.3, 0.4) is 0 Å². The van der Waals surface area contributed by atoms with Crippen LogP contribution in [0, 0.1) is 10.8 Å². The fraction of sp³-hybridized carbons (Fsp3) is 0.429. The summed E-state index contributed by atoms with van der Waals surface area (Å²) in [4.78, 5) is 23.1. The first-order valence-electron chi connectivity index (χ1n) is 5.72. The quantitative estimate of drug-likeness (QED) is 0.450. The number of carbonyl (C=O) groups is 2. The third kappa shape index (κ3) is 4.92. The van der Waals surface area contributed by atoms with Gasteiger partial charge in [0.2, 0.25) is 0 Å².